The number of rotatable bonds is 6. The zero-order valence-corrected chi connectivity index (χ0v) is 17.5. The summed E-state index contributed by atoms with van der Waals surface area (Å²) in [4.78, 5) is 23.4. The van der Waals surface area contributed by atoms with Crippen molar-refractivity contribution in [1.82, 2.24) is 19.6 Å². The quantitative estimate of drug-likeness (QED) is 0.546. The van der Waals surface area contributed by atoms with Gasteiger partial charge in [-0.3, -0.25) is 14.2 Å². The second-order valence-corrected chi connectivity index (χ2v) is 7.59. The second-order valence-electron chi connectivity index (χ2n) is 5.92. The van der Waals surface area contributed by atoms with Crippen LogP contribution in [0.3, 0.4) is 0 Å². The molecule has 3 rings (SSSR count). The van der Waals surface area contributed by atoms with Crippen molar-refractivity contribution in [3.05, 3.63) is 62.4 Å². The van der Waals surface area contributed by atoms with E-state index in [2.05, 4.69) is 31.4 Å². The van der Waals surface area contributed by atoms with Crippen molar-refractivity contribution in [3.63, 3.8) is 0 Å². The zero-order chi connectivity index (χ0) is 20.4. The van der Waals surface area contributed by atoms with Crippen LogP contribution in [0.5, 0.6) is 0 Å². The normalized spacial score (nSPS) is 12.0. The molecule has 2 N–H and O–H groups in total. The van der Waals surface area contributed by atoms with Crippen LogP contribution in [0.15, 0.2) is 41.1 Å². The molecule has 2 heterocycles. The summed E-state index contributed by atoms with van der Waals surface area (Å²) in [5.74, 6) is -1.21. The van der Waals surface area contributed by atoms with E-state index in [-0.39, 0.29) is 11.6 Å². The van der Waals surface area contributed by atoms with E-state index in [4.69, 9.17) is 28.3 Å². The first kappa shape index (κ1) is 20.4. The van der Waals surface area contributed by atoms with Gasteiger partial charge < -0.3 is 10.4 Å². The molecule has 0 saturated carbocycles. The van der Waals surface area contributed by atoms with Gasteiger partial charge in [-0.15, -0.1) is 0 Å². The molecule has 0 bridgehead atoms. The minimum Gasteiger partial charge on any atom is -0.476 e. The van der Waals surface area contributed by atoms with Crippen molar-refractivity contribution in [3.8, 4) is 0 Å². The van der Waals surface area contributed by atoms with E-state index in [1.165, 1.54) is 16.9 Å². The number of halogens is 3. The van der Waals surface area contributed by atoms with E-state index >= 15 is 0 Å². The molecule has 1 aromatic carbocycles. The molecule has 0 aliphatic heterocycles. The number of benzene rings is 1. The van der Waals surface area contributed by atoms with Crippen molar-refractivity contribution in [1.29, 1.82) is 0 Å². The largest absolute Gasteiger partial charge is 0.476 e. The Balaban J connectivity index is 1.70. The number of carbonyl (C=O) groups excluding carboxylic acids is 1. The van der Waals surface area contributed by atoms with Crippen molar-refractivity contribution in [2.75, 3.05) is 5.32 Å². The molecule has 0 spiro atoms. The average molecular weight is 487 g/mol. The Morgan fingerprint density at radius 2 is 2.00 bits per heavy atom. The number of amides is 1. The second kappa shape index (κ2) is 8.34. The van der Waals surface area contributed by atoms with Gasteiger partial charge in [-0.1, -0.05) is 29.3 Å². The lowest BCUT2D eigenvalue weighted by molar-refractivity contribution is -0.119. The van der Waals surface area contributed by atoms with Crippen molar-refractivity contribution in [2.45, 2.75) is 19.5 Å². The Morgan fingerprint density at radius 1 is 1.25 bits per heavy atom. The molecule has 3 aromatic rings. The Kier molecular flexibility index (Phi) is 6.07. The maximum atomic E-state index is 12.5. The predicted octanol–water partition coefficient (Wildman–Crippen LogP) is 4.10. The predicted molar refractivity (Wildman–Crippen MR) is 108 cm³/mol. The number of hydrogen-bond donors (Lipinski definition) is 2. The van der Waals surface area contributed by atoms with Crippen molar-refractivity contribution in [2.24, 2.45) is 0 Å². The molecule has 0 saturated heterocycles. The molecule has 146 valence electrons. The molecule has 0 aliphatic carbocycles. The first-order chi connectivity index (χ1) is 13.2. The molecule has 1 amide bonds. The first-order valence-electron chi connectivity index (χ1n) is 8.01. The van der Waals surface area contributed by atoms with Gasteiger partial charge in [-0.25, -0.2) is 4.79 Å². The third-order valence-corrected chi connectivity index (χ3v) is 5.21. The maximum absolute atomic E-state index is 12.5. The Bertz CT molecular complexity index is 1050. The summed E-state index contributed by atoms with van der Waals surface area (Å²) >= 11 is 15.3. The fourth-order valence-corrected chi connectivity index (χ4v) is 3.13. The van der Waals surface area contributed by atoms with Crippen LogP contribution in [0.25, 0.3) is 0 Å². The van der Waals surface area contributed by atoms with Crippen LogP contribution in [-0.2, 0) is 11.3 Å². The monoisotopic (exact) mass is 485 g/mol. The number of nitrogens with zero attached hydrogens (tertiary/aromatic N) is 4. The fraction of sp³-hybridized carbons (Fsp3) is 0.176. The van der Waals surface area contributed by atoms with Crippen LogP contribution in [0.2, 0.25) is 10.0 Å². The Hall–Kier alpha value is -2.36. The molecular formula is C17H14BrCl2N5O3. The van der Waals surface area contributed by atoms with Gasteiger partial charge in [0, 0.05) is 12.4 Å². The minimum atomic E-state index is -1.16. The number of carboxylic acid groups (broad SMARTS) is 1. The molecule has 0 aliphatic rings. The van der Waals surface area contributed by atoms with E-state index < -0.39 is 12.0 Å². The molecule has 2 aromatic heterocycles. The molecular weight excluding hydrogens is 473 g/mol. The number of aromatic nitrogens is 4. The van der Waals surface area contributed by atoms with Gasteiger partial charge in [0.15, 0.2) is 11.5 Å². The lowest BCUT2D eigenvalue weighted by Gasteiger charge is -2.11. The third-order valence-electron chi connectivity index (χ3n) is 3.89. The molecule has 0 radical (unpaired) electrons. The summed E-state index contributed by atoms with van der Waals surface area (Å²) in [6.07, 6.45) is 3.16. The lowest BCUT2D eigenvalue weighted by Crippen LogP contribution is -2.24. The highest BCUT2D eigenvalue weighted by molar-refractivity contribution is 9.10. The number of carbonyl (C=O) groups is 2. The van der Waals surface area contributed by atoms with Gasteiger partial charge >= 0.3 is 5.97 Å². The molecule has 1 atom stereocenters. The molecule has 28 heavy (non-hydrogen) atoms. The van der Waals surface area contributed by atoms with Crippen LogP contribution < -0.4 is 5.32 Å². The fourth-order valence-electron chi connectivity index (χ4n) is 2.40. The maximum Gasteiger partial charge on any atom is 0.356 e. The van der Waals surface area contributed by atoms with Gasteiger partial charge in [-0.2, -0.15) is 10.2 Å². The van der Waals surface area contributed by atoms with Crippen LogP contribution in [-0.4, -0.2) is 36.5 Å². The standard InChI is InChI=1S/C17H14BrCl2N5O3/c1-9(25-5-4-14(22-25)17(27)28)16(26)21-15-11(18)8-24(23-15)7-10-2-3-12(19)13(20)6-10/h2-6,8-9H,7H2,1H3,(H,27,28)(H,21,23,26). The van der Waals surface area contributed by atoms with Crippen LogP contribution in [0, 0.1) is 0 Å². The number of carboxylic acids is 1. The molecule has 1 unspecified atom stereocenters. The first-order valence-corrected chi connectivity index (χ1v) is 9.55. The summed E-state index contributed by atoms with van der Waals surface area (Å²) in [5, 5.41) is 20.8. The number of aromatic carboxylic acids is 1. The van der Waals surface area contributed by atoms with Gasteiger partial charge in [0.1, 0.15) is 6.04 Å². The molecule has 0 fully saturated rings. The van der Waals surface area contributed by atoms with Crippen molar-refractivity contribution < 1.29 is 14.7 Å². The highest BCUT2D eigenvalue weighted by Crippen LogP contribution is 2.25. The van der Waals surface area contributed by atoms with Crippen LogP contribution >= 0.6 is 39.1 Å². The summed E-state index contributed by atoms with van der Waals surface area (Å²) < 4.78 is 3.51. The molecule has 8 nitrogen and oxygen atoms in total. The van der Waals surface area contributed by atoms with E-state index in [1.807, 2.05) is 6.07 Å². The number of nitrogens with one attached hydrogen (secondary N) is 1. The highest BCUT2D eigenvalue weighted by atomic mass is 79.9. The van der Waals surface area contributed by atoms with E-state index in [0.717, 1.165) is 5.56 Å². The van der Waals surface area contributed by atoms with Crippen LogP contribution in [0.1, 0.15) is 29.0 Å². The highest BCUT2D eigenvalue weighted by Gasteiger charge is 2.20. The third kappa shape index (κ3) is 4.54. The van der Waals surface area contributed by atoms with E-state index in [1.54, 1.807) is 29.9 Å². The number of anilines is 1. The Labute approximate surface area is 178 Å². The zero-order valence-electron chi connectivity index (χ0n) is 14.4. The van der Waals surface area contributed by atoms with Gasteiger partial charge in [0.2, 0.25) is 5.91 Å². The van der Waals surface area contributed by atoms with Gasteiger partial charge in [-0.05, 0) is 46.6 Å². The smallest absolute Gasteiger partial charge is 0.356 e. The van der Waals surface area contributed by atoms with E-state index in [0.29, 0.717) is 26.9 Å². The summed E-state index contributed by atoms with van der Waals surface area (Å²) in [6, 6.07) is 5.89. The number of hydrogen-bond acceptors (Lipinski definition) is 4. The van der Waals surface area contributed by atoms with Gasteiger partial charge in [0.25, 0.3) is 0 Å². The van der Waals surface area contributed by atoms with Gasteiger partial charge in [0.05, 0.1) is 21.1 Å². The average Bonchev–Trinajstić information content (AvgIpc) is 3.25. The van der Waals surface area contributed by atoms with Crippen LogP contribution in [0.4, 0.5) is 5.82 Å². The summed E-state index contributed by atoms with van der Waals surface area (Å²) in [7, 11) is 0. The van der Waals surface area contributed by atoms with E-state index in [9.17, 15) is 9.59 Å². The lowest BCUT2D eigenvalue weighted by atomic mass is 10.2. The molecule has 11 heteroatoms. The Morgan fingerprint density at radius 3 is 2.64 bits per heavy atom. The summed E-state index contributed by atoms with van der Waals surface area (Å²) in [6.45, 7) is 2.04. The minimum absolute atomic E-state index is 0.133. The SMILES string of the molecule is CC(C(=O)Nc1nn(Cc2ccc(Cl)c(Cl)c2)cc1Br)n1ccc(C(=O)O)n1. The summed E-state index contributed by atoms with van der Waals surface area (Å²) in [5.41, 5.74) is 0.764. The topological polar surface area (TPSA) is 102 Å². The van der Waals surface area contributed by atoms with Crippen molar-refractivity contribution >= 4 is 56.8 Å².